The second-order valence-corrected chi connectivity index (χ2v) is 5.44. The van der Waals surface area contributed by atoms with Crippen LogP contribution in [-0.4, -0.2) is 52.0 Å². The van der Waals surface area contributed by atoms with Crippen molar-refractivity contribution in [1.82, 2.24) is 5.32 Å². The van der Waals surface area contributed by atoms with E-state index in [1.165, 1.54) is 5.69 Å². The zero-order chi connectivity index (χ0) is 16.3. The Labute approximate surface area is 161 Å². The number of benzene rings is 1. The van der Waals surface area contributed by atoms with Crippen LogP contribution in [0, 0.1) is 0 Å². The molecule has 0 unspecified atom stereocenters. The molecular weight excluding hydrogens is 419 g/mol. The van der Waals surface area contributed by atoms with Crippen molar-refractivity contribution < 1.29 is 9.47 Å². The van der Waals surface area contributed by atoms with Crippen LogP contribution >= 0.6 is 24.0 Å². The maximum absolute atomic E-state index is 5.86. The molecule has 0 amide bonds. The third-order valence-electron chi connectivity index (χ3n) is 3.72. The topological polar surface area (TPSA) is 72.1 Å². The molecular formula is C17H29IN4O2. The maximum Gasteiger partial charge on any atom is 0.188 e. The summed E-state index contributed by atoms with van der Waals surface area (Å²) in [7, 11) is 0. The smallest absolute Gasteiger partial charge is 0.188 e. The average Bonchev–Trinajstić information content (AvgIpc) is 2.61. The van der Waals surface area contributed by atoms with Crippen LogP contribution in [0.5, 0.6) is 0 Å². The molecule has 2 rings (SSSR count). The number of morpholine rings is 1. The van der Waals surface area contributed by atoms with E-state index in [9.17, 15) is 0 Å². The van der Waals surface area contributed by atoms with Crippen molar-refractivity contribution in [2.75, 3.05) is 51.0 Å². The summed E-state index contributed by atoms with van der Waals surface area (Å²) in [4.78, 5) is 6.70. The minimum atomic E-state index is 0. The Kier molecular flexibility index (Phi) is 10.8. The first-order chi connectivity index (χ1) is 11.3. The van der Waals surface area contributed by atoms with Crippen LogP contribution in [0.3, 0.4) is 0 Å². The number of aliphatic imine (C=N–C) groups is 1. The molecule has 0 bridgehead atoms. The highest BCUT2D eigenvalue weighted by atomic mass is 127. The number of nitrogens with two attached hydrogens (primary N) is 1. The lowest BCUT2D eigenvalue weighted by molar-refractivity contribution is 0.122. The molecule has 6 nitrogen and oxygen atoms in total. The van der Waals surface area contributed by atoms with Crippen molar-refractivity contribution in [3.8, 4) is 0 Å². The van der Waals surface area contributed by atoms with E-state index < -0.39 is 0 Å². The standard InChI is InChI=1S/C17H28N4O2.HI/c1-2-22-11-3-8-19-17(18)20-14-15-4-6-16(7-5-15)21-9-12-23-13-10-21;/h4-7H,2-3,8-14H2,1H3,(H3,18,19,20);1H. The van der Waals surface area contributed by atoms with Crippen molar-refractivity contribution in [3.63, 3.8) is 0 Å². The molecule has 1 fully saturated rings. The van der Waals surface area contributed by atoms with Gasteiger partial charge in [0.1, 0.15) is 0 Å². The average molecular weight is 448 g/mol. The molecule has 0 radical (unpaired) electrons. The highest BCUT2D eigenvalue weighted by molar-refractivity contribution is 14.0. The molecule has 7 heteroatoms. The Morgan fingerprint density at radius 1 is 1.29 bits per heavy atom. The first kappa shape index (κ1) is 21.0. The Hall–Kier alpha value is -1.06. The minimum absolute atomic E-state index is 0. The molecule has 1 saturated heterocycles. The zero-order valence-corrected chi connectivity index (χ0v) is 16.7. The molecule has 1 aliphatic rings. The predicted molar refractivity (Wildman–Crippen MR) is 109 cm³/mol. The number of hydrogen-bond donors (Lipinski definition) is 2. The van der Waals surface area contributed by atoms with E-state index >= 15 is 0 Å². The predicted octanol–water partition coefficient (Wildman–Crippen LogP) is 1.97. The summed E-state index contributed by atoms with van der Waals surface area (Å²) in [6.45, 7) is 8.39. The third-order valence-corrected chi connectivity index (χ3v) is 3.72. The van der Waals surface area contributed by atoms with Crippen LogP contribution in [0.4, 0.5) is 5.69 Å². The summed E-state index contributed by atoms with van der Waals surface area (Å²) in [5.74, 6) is 0.485. The number of nitrogens with one attached hydrogen (secondary N) is 1. The van der Waals surface area contributed by atoms with Gasteiger partial charge < -0.3 is 25.4 Å². The van der Waals surface area contributed by atoms with Gasteiger partial charge in [-0.15, -0.1) is 24.0 Å². The van der Waals surface area contributed by atoms with Gasteiger partial charge in [-0.2, -0.15) is 0 Å². The van der Waals surface area contributed by atoms with Crippen molar-refractivity contribution in [3.05, 3.63) is 29.8 Å². The van der Waals surface area contributed by atoms with Gasteiger partial charge in [0, 0.05) is 38.5 Å². The van der Waals surface area contributed by atoms with Crippen LogP contribution < -0.4 is 16.0 Å². The first-order valence-electron chi connectivity index (χ1n) is 8.32. The summed E-state index contributed by atoms with van der Waals surface area (Å²) < 4.78 is 10.6. The number of hydrogen-bond acceptors (Lipinski definition) is 4. The van der Waals surface area contributed by atoms with E-state index in [1.54, 1.807) is 0 Å². The van der Waals surface area contributed by atoms with Crippen LogP contribution in [0.25, 0.3) is 0 Å². The second-order valence-electron chi connectivity index (χ2n) is 5.44. The van der Waals surface area contributed by atoms with Gasteiger partial charge in [0.15, 0.2) is 5.96 Å². The molecule has 1 aromatic carbocycles. The summed E-state index contributed by atoms with van der Waals surface area (Å²) in [6, 6.07) is 8.50. The monoisotopic (exact) mass is 448 g/mol. The number of rotatable bonds is 8. The van der Waals surface area contributed by atoms with Crippen LogP contribution in [0.1, 0.15) is 18.9 Å². The Morgan fingerprint density at radius 2 is 2.00 bits per heavy atom. The highest BCUT2D eigenvalue weighted by Crippen LogP contribution is 2.16. The molecule has 24 heavy (non-hydrogen) atoms. The van der Waals surface area contributed by atoms with Crippen molar-refractivity contribution >= 4 is 35.6 Å². The number of halogens is 1. The van der Waals surface area contributed by atoms with Gasteiger partial charge in [0.05, 0.1) is 19.8 Å². The van der Waals surface area contributed by atoms with Gasteiger partial charge in [-0.1, -0.05) is 12.1 Å². The van der Waals surface area contributed by atoms with Crippen LogP contribution in [0.2, 0.25) is 0 Å². The summed E-state index contributed by atoms with van der Waals surface area (Å²) in [6.07, 6.45) is 0.929. The van der Waals surface area contributed by atoms with Crippen molar-refractivity contribution in [2.45, 2.75) is 19.9 Å². The van der Waals surface area contributed by atoms with Gasteiger partial charge in [0.25, 0.3) is 0 Å². The minimum Gasteiger partial charge on any atom is -0.382 e. The molecule has 1 aliphatic heterocycles. The second kappa shape index (κ2) is 12.3. The number of nitrogens with zero attached hydrogens (tertiary/aromatic N) is 2. The number of ether oxygens (including phenoxy) is 2. The summed E-state index contributed by atoms with van der Waals surface area (Å²) >= 11 is 0. The molecule has 3 N–H and O–H groups in total. The lowest BCUT2D eigenvalue weighted by Gasteiger charge is -2.28. The highest BCUT2D eigenvalue weighted by Gasteiger charge is 2.10. The summed E-state index contributed by atoms with van der Waals surface area (Å²) in [5, 5.41) is 3.10. The van der Waals surface area contributed by atoms with Gasteiger partial charge >= 0.3 is 0 Å². The molecule has 1 aromatic rings. The van der Waals surface area contributed by atoms with E-state index in [1.807, 2.05) is 6.92 Å². The molecule has 0 saturated carbocycles. The molecule has 1 heterocycles. The van der Waals surface area contributed by atoms with E-state index in [0.717, 1.165) is 58.0 Å². The largest absolute Gasteiger partial charge is 0.382 e. The van der Waals surface area contributed by atoms with Crippen molar-refractivity contribution in [2.24, 2.45) is 10.7 Å². The Balaban J connectivity index is 0.00000288. The molecule has 0 aromatic heterocycles. The lowest BCUT2D eigenvalue weighted by atomic mass is 10.2. The number of anilines is 1. The maximum atomic E-state index is 5.86. The molecule has 0 atom stereocenters. The van der Waals surface area contributed by atoms with Gasteiger partial charge in [-0.05, 0) is 31.0 Å². The molecule has 0 aliphatic carbocycles. The normalized spacial score (nSPS) is 15.0. The van der Waals surface area contributed by atoms with Gasteiger partial charge in [-0.3, -0.25) is 0 Å². The molecule has 136 valence electrons. The number of guanidine groups is 1. The first-order valence-corrected chi connectivity index (χ1v) is 8.32. The SMILES string of the molecule is CCOCCCNC(N)=NCc1ccc(N2CCOCC2)cc1.I. The van der Waals surface area contributed by atoms with Gasteiger partial charge in [0.2, 0.25) is 0 Å². The fraction of sp³-hybridized carbons (Fsp3) is 0.588. The van der Waals surface area contributed by atoms with Crippen LogP contribution in [0.15, 0.2) is 29.3 Å². The fourth-order valence-corrected chi connectivity index (χ4v) is 2.40. The van der Waals surface area contributed by atoms with E-state index in [4.69, 9.17) is 15.2 Å². The molecule has 0 spiro atoms. The quantitative estimate of drug-likeness (QED) is 0.276. The fourth-order valence-electron chi connectivity index (χ4n) is 2.40. The Bertz CT molecular complexity index is 476. The van der Waals surface area contributed by atoms with E-state index in [2.05, 4.69) is 39.5 Å². The zero-order valence-electron chi connectivity index (χ0n) is 14.4. The lowest BCUT2D eigenvalue weighted by Crippen LogP contribution is -2.36. The third kappa shape index (κ3) is 7.67. The van der Waals surface area contributed by atoms with Gasteiger partial charge in [-0.25, -0.2) is 4.99 Å². The van der Waals surface area contributed by atoms with Crippen molar-refractivity contribution in [1.29, 1.82) is 0 Å². The summed E-state index contributed by atoms with van der Waals surface area (Å²) in [5.41, 5.74) is 8.25. The van der Waals surface area contributed by atoms with Crippen LogP contribution in [-0.2, 0) is 16.0 Å². The van der Waals surface area contributed by atoms with E-state index in [0.29, 0.717) is 12.5 Å². The Morgan fingerprint density at radius 3 is 2.67 bits per heavy atom. The van der Waals surface area contributed by atoms with E-state index in [-0.39, 0.29) is 24.0 Å².